The lowest BCUT2D eigenvalue weighted by atomic mass is 10.1. The van der Waals surface area contributed by atoms with Gasteiger partial charge in [0.25, 0.3) is 0 Å². The maximum absolute atomic E-state index is 5.95. The molecule has 0 aromatic heterocycles. The third-order valence-electron chi connectivity index (χ3n) is 5.06. The highest BCUT2D eigenvalue weighted by Crippen LogP contribution is 2.40. The average Bonchev–Trinajstić information content (AvgIpc) is 3.53. The molecule has 0 radical (unpaired) electrons. The maximum atomic E-state index is 5.95. The fourth-order valence-corrected chi connectivity index (χ4v) is 3.46. The molecule has 2 nitrogen and oxygen atoms in total. The van der Waals surface area contributed by atoms with Crippen molar-refractivity contribution in [1.82, 2.24) is 0 Å². The molecule has 4 rings (SSSR count). The monoisotopic (exact) mass is 357 g/mol. The van der Waals surface area contributed by atoms with Gasteiger partial charge in [-0.1, -0.05) is 54.6 Å². The number of ether oxygens (including phenoxy) is 1. The number of hydrogen-bond acceptors (Lipinski definition) is 2. The van der Waals surface area contributed by atoms with Crippen LogP contribution in [0.2, 0.25) is 0 Å². The Labute approximate surface area is 162 Å². The lowest BCUT2D eigenvalue weighted by molar-refractivity contribution is 0.306. The van der Waals surface area contributed by atoms with Crippen LogP contribution >= 0.6 is 0 Å². The van der Waals surface area contributed by atoms with Gasteiger partial charge in [-0.05, 0) is 73.1 Å². The second-order valence-electron chi connectivity index (χ2n) is 7.57. The summed E-state index contributed by atoms with van der Waals surface area (Å²) >= 11 is 0. The van der Waals surface area contributed by atoms with E-state index in [1.165, 1.54) is 35.2 Å². The Morgan fingerprint density at radius 3 is 2.37 bits per heavy atom. The van der Waals surface area contributed by atoms with Gasteiger partial charge in [0, 0.05) is 11.7 Å². The molecule has 1 fully saturated rings. The van der Waals surface area contributed by atoms with E-state index in [1.807, 2.05) is 24.3 Å². The van der Waals surface area contributed by atoms with E-state index >= 15 is 0 Å². The topological polar surface area (TPSA) is 21.3 Å². The van der Waals surface area contributed by atoms with Crippen molar-refractivity contribution < 1.29 is 4.74 Å². The van der Waals surface area contributed by atoms with Gasteiger partial charge in [-0.3, -0.25) is 0 Å². The van der Waals surface area contributed by atoms with E-state index in [4.69, 9.17) is 4.74 Å². The molecule has 2 heteroatoms. The van der Waals surface area contributed by atoms with Crippen molar-refractivity contribution in [3.05, 3.63) is 95.6 Å². The van der Waals surface area contributed by atoms with Crippen molar-refractivity contribution in [3.8, 4) is 5.75 Å². The van der Waals surface area contributed by atoms with Crippen LogP contribution in [0.4, 0.5) is 5.69 Å². The quantitative estimate of drug-likeness (QED) is 0.519. The Kier molecular flexibility index (Phi) is 5.43. The molecule has 0 aliphatic heterocycles. The minimum Gasteiger partial charge on any atom is -0.489 e. The van der Waals surface area contributed by atoms with Crippen molar-refractivity contribution in [2.24, 2.45) is 0 Å². The summed E-state index contributed by atoms with van der Waals surface area (Å²) in [6.45, 7) is 2.83. The third-order valence-corrected chi connectivity index (χ3v) is 5.06. The number of rotatable bonds is 8. The molecule has 1 saturated carbocycles. The van der Waals surface area contributed by atoms with Gasteiger partial charge < -0.3 is 10.1 Å². The van der Waals surface area contributed by atoms with Crippen LogP contribution in [-0.4, -0.2) is 6.04 Å². The highest BCUT2D eigenvalue weighted by atomic mass is 16.5. The molecule has 3 aromatic carbocycles. The zero-order valence-corrected chi connectivity index (χ0v) is 15.9. The van der Waals surface area contributed by atoms with Crippen molar-refractivity contribution >= 4 is 5.69 Å². The first-order chi connectivity index (χ1) is 13.3. The molecule has 1 unspecified atom stereocenters. The summed E-state index contributed by atoms with van der Waals surface area (Å²) in [5, 5.41) is 3.61. The minimum absolute atomic E-state index is 0.362. The predicted molar refractivity (Wildman–Crippen MR) is 112 cm³/mol. The van der Waals surface area contributed by atoms with E-state index in [2.05, 4.69) is 66.8 Å². The van der Waals surface area contributed by atoms with Gasteiger partial charge in [-0.15, -0.1) is 0 Å². The number of hydrogen-bond donors (Lipinski definition) is 1. The van der Waals surface area contributed by atoms with Gasteiger partial charge in [-0.25, -0.2) is 0 Å². The van der Waals surface area contributed by atoms with Crippen molar-refractivity contribution in [3.63, 3.8) is 0 Å². The second-order valence-corrected chi connectivity index (χ2v) is 7.57. The van der Waals surface area contributed by atoms with Crippen LogP contribution in [0.5, 0.6) is 5.75 Å². The third kappa shape index (κ3) is 5.13. The first kappa shape index (κ1) is 17.7. The molecule has 27 heavy (non-hydrogen) atoms. The molecule has 1 atom stereocenters. The van der Waals surface area contributed by atoms with E-state index in [0.717, 1.165) is 18.1 Å². The minimum atomic E-state index is 0.362. The Morgan fingerprint density at radius 2 is 1.63 bits per heavy atom. The second kappa shape index (κ2) is 8.30. The number of benzene rings is 3. The standard InChI is InChI=1S/C25H27NO/c1-19(26-24-14-12-23(13-15-24)22-10-11-22)16-21-8-5-9-25(17-21)27-18-20-6-3-2-4-7-20/h2-9,12-15,17,19,22,26H,10-11,16,18H2,1H3. The van der Waals surface area contributed by atoms with Crippen molar-refractivity contribution in [1.29, 1.82) is 0 Å². The lowest BCUT2D eigenvalue weighted by Crippen LogP contribution is -2.18. The van der Waals surface area contributed by atoms with Gasteiger partial charge in [-0.2, -0.15) is 0 Å². The summed E-state index contributed by atoms with van der Waals surface area (Å²) in [5.74, 6) is 1.74. The zero-order chi connectivity index (χ0) is 18.5. The Morgan fingerprint density at radius 1 is 0.889 bits per heavy atom. The summed E-state index contributed by atoms with van der Waals surface area (Å²) in [5.41, 5.74) is 5.16. The highest BCUT2D eigenvalue weighted by Gasteiger charge is 2.22. The van der Waals surface area contributed by atoms with Crippen LogP contribution in [-0.2, 0) is 13.0 Å². The van der Waals surface area contributed by atoms with E-state index in [0.29, 0.717) is 12.6 Å². The molecule has 1 aliphatic carbocycles. The van der Waals surface area contributed by atoms with Crippen LogP contribution in [0, 0.1) is 0 Å². The van der Waals surface area contributed by atoms with E-state index in [1.54, 1.807) is 0 Å². The SMILES string of the molecule is CC(Cc1cccc(OCc2ccccc2)c1)Nc1ccc(C2CC2)cc1. The highest BCUT2D eigenvalue weighted by molar-refractivity contribution is 5.47. The zero-order valence-electron chi connectivity index (χ0n) is 15.9. The molecule has 1 N–H and O–H groups in total. The summed E-state index contributed by atoms with van der Waals surface area (Å²) in [7, 11) is 0. The summed E-state index contributed by atoms with van der Waals surface area (Å²) < 4.78 is 5.95. The van der Waals surface area contributed by atoms with Crippen molar-refractivity contribution in [2.45, 2.75) is 44.8 Å². The molecule has 0 heterocycles. The fraction of sp³-hybridized carbons (Fsp3) is 0.280. The van der Waals surface area contributed by atoms with E-state index < -0.39 is 0 Å². The molecule has 0 bridgehead atoms. The largest absolute Gasteiger partial charge is 0.489 e. The molecule has 0 amide bonds. The Hall–Kier alpha value is -2.74. The number of nitrogens with one attached hydrogen (secondary N) is 1. The van der Waals surface area contributed by atoms with Crippen LogP contribution in [0.15, 0.2) is 78.9 Å². The Balaban J connectivity index is 1.31. The molecule has 1 aliphatic rings. The van der Waals surface area contributed by atoms with Crippen LogP contribution in [0.1, 0.15) is 42.4 Å². The average molecular weight is 357 g/mol. The molecular weight excluding hydrogens is 330 g/mol. The first-order valence-electron chi connectivity index (χ1n) is 9.88. The maximum Gasteiger partial charge on any atom is 0.120 e. The molecule has 138 valence electrons. The van der Waals surface area contributed by atoms with E-state index in [-0.39, 0.29) is 0 Å². The smallest absolute Gasteiger partial charge is 0.120 e. The van der Waals surface area contributed by atoms with Crippen LogP contribution < -0.4 is 10.1 Å². The normalized spacial score (nSPS) is 14.6. The van der Waals surface area contributed by atoms with Crippen LogP contribution in [0.3, 0.4) is 0 Å². The first-order valence-corrected chi connectivity index (χ1v) is 9.88. The molecule has 3 aromatic rings. The van der Waals surface area contributed by atoms with Crippen molar-refractivity contribution in [2.75, 3.05) is 5.32 Å². The van der Waals surface area contributed by atoms with Gasteiger partial charge >= 0.3 is 0 Å². The van der Waals surface area contributed by atoms with Gasteiger partial charge in [0.05, 0.1) is 0 Å². The lowest BCUT2D eigenvalue weighted by Gasteiger charge is -2.16. The van der Waals surface area contributed by atoms with Gasteiger partial charge in [0.2, 0.25) is 0 Å². The molecule has 0 spiro atoms. The number of anilines is 1. The summed E-state index contributed by atoms with van der Waals surface area (Å²) in [6, 6.07) is 28.0. The van der Waals surface area contributed by atoms with Crippen LogP contribution in [0.25, 0.3) is 0 Å². The van der Waals surface area contributed by atoms with Gasteiger partial charge in [0.1, 0.15) is 12.4 Å². The van der Waals surface area contributed by atoms with Gasteiger partial charge in [0.15, 0.2) is 0 Å². The molecule has 0 saturated heterocycles. The Bertz CT molecular complexity index is 853. The summed E-state index contributed by atoms with van der Waals surface area (Å²) in [6.07, 6.45) is 3.67. The summed E-state index contributed by atoms with van der Waals surface area (Å²) in [4.78, 5) is 0. The molecular formula is C25H27NO. The van der Waals surface area contributed by atoms with E-state index in [9.17, 15) is 0 Å². The predicted octanol–water partition coefficient (Wildman–Crippen LogP) is 6.19. The fourth-order valence-electron chi connectivity index (χ4n) is 3.46.